The van der Waals surface area contributed by atoms with E-state index in [2.05, 4.69) is 31.3 Å². The highest BCUT2D eigenvalue weighted by Crippen LogP contribution is 2.23. The van der Waals surface area contributed by atoms with E-state index in [9.17, 15) is 30.3 Å². The van der Waals surface area contributed by atoms with Crippen LogP contribution >= 0.6 is 0 Å². The molecule has 1 aliphatic heterocycles. The molecule has 0 bridgehead atoms. The molecular formula is C52H99NO8. The molecule has 1 heterocycles. The summed E-state index contributed by atoms with van der Waals surface area (Å²) in [4.78, 5) is 13.0. The molecule has 6 N–H and O–H groups in total. The van der Waals surface area contributed by atoms with Crippen molar-refractivity contribution < 1.29 is 39.8 Å². The lowest BCUT2D eigenvalue weighted by Gasteiger charge is -2.40. The Morgan fingerprint density at radius 2 is 0.934 bits per heavy atom. The fraction of sp³-hybridized carbons (Fsp3) is 0.904. The van der Waals surface area contributed by atoms with Crippen molar-refractivity contribution >= 4 is 5.91 Å². The van der Waals surface area contributed by atoms with Crippen molar-refractivity contribution in [3.05, 3.63) is 24.3 Å². The molecule has 9 nitrogen and oxygen atoms in total. The van der Waals surface area contributed by atoms with Gasteiger partial charge in [0.15, 0.2) is 6.29 Å². The minimum atomic E-state index is -1.57. The van der Waals surface area contributed by atoms with E-state index in [-0.39, 0.29) is 12.5 Å². The topological polar surface area (TPSA) is 149 Å². The summed E-state index contributed by atoms with van der Waals surface area (Å²) in [6.07, 6.45) is 45.2. The molecule has 0 aromatic rings. The molecular weight excluding hydrogens is 767 g/mol. The quantitative estimate of drug-likeness (QED) is 0.0262. The molecule has 9 heteroatoms. The van der Waals surface area contributed by atoms with E-state index in [1.807, 2.05) is 6.08 Å². The number of carbonyl (C=O) groups excluding carboxylic acids is 1. The number of nitrogens with one attached hydrogen (secondary N) is 1. The molecule has 1 saturated heterocycles. The van der Waals surface area contributed by atoms with E-state index in [1.165, 1.54) is 186 Å². The van der Waals surface area contributed by atoms with Gasteiger partial charge in [0.25, 0.3) is 0 Å². The van der Waals surface area contributed by atoms with E-state index in [4.69, 9.17) is 9.47 Å². The Morgan fingerprint density at radius 3 is 1.38 bits per heavy atom. The standard InChI is InChI=1S/C52H99NO8/c1-3-5-7-9-11-13-15-17-19-21-22-23-24-26-27-29-31-33-35-37-39-41-46(55)45(44-60-52-51(59)50(58)49(57)47(43-54)61-52)53-48(56)42-40-38-36-34-32-30-28-25-20-18-16-14-12-10-8-6-4-2/h31,33,39,41,45-47,49-52,54-55,57-59H,3-30,32,34-38,40,42-44H2,1-2H3,(H,53,56)/b33-31+,41-39+. The zero-order chi connectivity index (χ0) is 44.4. The van der Waals surface area contributed by atoms with Crippen molar-refractivity contribution in [2.45, 2.75) is 288 Å². The van der Waals surface area contributed by atoms with Crippen LogP contribution in [0, 0.1) is 0 Å². The summed E-state index contributed by atoms with van der Waals surface area (Å²) >= 11 is 0. The van der Waals surface area contributed by atoms with Crippen molar-refractivity contribution in [3.8, 4) is 0 Å². The molecule has 0 radical (unpaired) electrons. The number of aliphatic hydroxyl groups is 5. The molecule has 7 atom stereocenters. The third-order valence-electron chi connectivity index (χ3n) is 12.5. The van der Waals surface area contributed by atoms with Crippen LogP contribution in [0.1, 0.15) is 245 Å². The summed E-state index contributed by atoms with van der Waals surface area (Å²) in [6, 6.07) is -0.817. The van der Waals surface area contributed by atoms with Gasteiger partial charge in [0, 0.05) is 6.42 Å². The van der Waals surface area contributed by atoms with Gasteiger partial charge in [0.1, 0.15) is 24.4 Å². The second kappa shape index (κ2) is 42.6. The number of unbranched alkanes of at least 4 members (excludes halogenated alkanes) is 32. The largest absolute Gasteiger partial charge is 0.394 e. The number of aliphatic hydroxyl groups excluding tert-OH is 5. The Balaban J connectivity index is 2.31. The van der Waals surface area contributed by atoms with Crippen LogP contribution in [0.25, 0.3) is 0 Å². The van der Waals surface area contributed by atoms with Crippen LogP contribution in [0.5, 0.6) is 0 Å². The van der Waals surface area contributed by atoms with Crippen molar-refractivity contribution in [2.75, 3.05) is 13.2 Å². The molecule has 0 spiro atoms. The van der Waals surface area contributed by atoms with Crippen LogP contribution in [0.3, 0.4) is 0 Å². The zero-order valence-corrected chi connectivity index (χ0v) is 39.7. The Bertz CT molecular complexity index is 1010. The van der Waals surface area contributed by atoms with Gasteiger partial charge in [-0.15, -0.1) is 0 Å². The van der Waals surface area contributed by atoms with Crippen molar-refractivity contribution in [2.24, 2.45) is 0 Å². The molecule has 0 aliphatic carbocycles. The van der Waals surface area contributed by atoms with Gasteiger partial charge in [-0.2, -0.15) is 0 Å². The molecule has 1 fully saturated rings. The van der Waals surface area contributed by atoms with Gasteiger partial charge < -0.3 is 40.3 Å². The molecule has 61 heavy (non-hydrogen) atoms. The molecule has 1 rings (SSSR count). The Kier molecular flexibility index (Phi) is 40.3. The first-order chi connectivity index (χ1) is 29.8. The summed E-state index contributed by atoms with van der Waals surface area (Å²) in [5.41, 5.74) is 0. The first kappa shape index (κ1) is 57.7. The van der Waals surface area contributed by atoms with Gasteiger partial charge in [0.05, 0.1) is 25.4 Å². The zero-order valence-electron chi connectivity index (χ0n) is 39.7. The van der Waals surface area contributed by atoms with E-state index in [1.54, 1.807) is 6.08 Å². The highest BCUT2D eigenvalue weighted by Gasteiger charge is 2.44. The lowest BCUT2D eigenvalue weighted by atomic mass is 9.99. The number of hydrogen-bond acceptors (Lipinski definition) is 8. The SMILES string of the molecule is CCCCCCCCCCCCCCCCC/C=C/CC/C=C/C(O)C(COC1OC(CO)C(O)C(O)C1O)NC(=O)CCCCCCCCCCCCCCCCCCC. The van der Waals surface area contributed by atoms with Gasteiger partial charge in [-0.3, -0.25) is 4.79 Å². The first-order valence-corrected chi connectivity index (χ1v) is 26.1. The highest BCUT2D eigenvalue weighted by atomic mass is 16.7. The number of carbonyl (C=O) groups is 1. The van der Waals surface area contributed by atoms with Crippen LogP contribution in [-0.2, 0) is 14.3 Å². The molecule has 360 valence electrons. The Morgan fingerprint density at radius 1 is 0.541 bits per heavy atom. The van der Waals surface area contributed by atoms with E-state index in [0.717, 1.165) is 38.5 Å². The number of allylic oxidation sites excluding steroid dienone is 3. The van der Waals surface area contributed by atoms with Crippen LogP contribution in [-0.4, -0.2) is 87.5 Å². The first-order valence-electron chi connectivity index (χ1n) is 26.1. The monoisotopic (exact) mass is 866 g/mol. The van der Waals surface area contributed by atoms with Gasteiger partial charge in [-0.05, 0) is 32.1 Å². The number of rotatable bonds is 44. The van der Waals surface area contributed by atoms with Crippen LogP contribution in [0.2, 0.25) is 0 Å². The van der Waals surface area contributed by atoms with Crippen LogP contribution in [0.15, 0.2) is 24.3 Å². The molecule has 0 aromatic carbocycles. The fourth-order valence-corrected chi connectivity index (χ4v) is 8.35. The number of amides is 1. The van der Waals surface area contributed by atoms with Crippen molar-refractivity contribution in [1.29, 1.82) is 0 Å². The second-order valence-corrected chi connectivity index (χ2v) is 18.3. The summed E-state index contributed by atoms with van der Waals surface area (Å²) < 4.78 is 11.2. The Labute approximate surface area is 375 Å². The highest BCUT2D eigenvalue weighted by molar-refractivity contribution is 5.76. The third kappa shape index (κ3) is 32.9. The summed E-state index contributed by atoms with van der Waals surface area (Å²) in [7, 11) is 0. The minimum Gasteiger partial charge on any atom is -0.394 e. The van der Waals surface area contributed by atoms with E-state index >= 15 is 0 Å². The molecule has 0 saturated carbocycles. The minimum absolute atomic E-state index is 0.183. The molecule has 1 amide bonds. The molecule has 7 unspecified atom stereocenters. The summed E-state index contributed by atoms with van der Waals surface area (Å²) in [5, 5.41) is 54.3. The van der Waals surface area contributed by atoms with Crippen molar-refractivity contribution in [1.82, 2.24) is 5.32 Å². The second-order valence-electron chi connectivity index (χ2n) is 18.3. The van der Waals surface area contributed by atoms with Crippen LogP contribution < -0.4 is 5.32 Å². The predicted molar refractivity (Wildman–Crippen MR) is 253 cm³/mol. The summed E-state index contributed by atoms with van der Waals surface area (Å²) in [6.45, 7) is 3.78. The van der Waals surface area contributed by atoms with Gasteiger partial charge in [0.2, 0.25) is 5.91 Å². The van der Waals surface area contributed by atoms with Crippen LogP contribution in [0.4, 0.5) is 0 Å². The van der Waals surface area contributed by atoms with E-state index < -0.39 is 49.5 Å². The lowest BCUT2D eigenvalue weighted by Crippen LogP contribution is -2.60. The average molecular weight is 866 g/mol. The number of ether oxygens (including phenoxy) is 2. The average Bonchev–Trinajstić information content (AvgIpc) is 3.26. The number of hydrogen-bond donors (Lipinski definition) is 6. The summed E-state index contributed by atoms with van der Waals surface area (Å²) in [5.74, 6) is -0.183. The van der Waals surface area contributed by atoms with Gasteiger partial charge in [-0.1, -0.05) is 231 Å². The fourth-order valence-electron chi connectivity index (χ4n) is 8.35. The van der Waals surface area contributed by atoms with E-state index in [0.29, 0.717) is 6.42 Å². The van der Waals surface area contributed by atoms with Gasteiger partial charge >= 0.3 is 0 Å². The lowest BCUT2D eigenvalue weighted by molar-refractivity contribution is -0.302. The third-order valence-corrected chi connectivity index (χ3v) is 12.5. The van der Waals surface area contributed by atoms with Gasteiger partial charge in [-0.25, -0.2) is 0 Å². The maximum absolute atomic E-state index is 13.0. The molecule has 1 aliphatic rings. The molecule has 0 aromatic heterocycles. The maximum atomic E-state index is 13.0. The normalized spacial score (nSPS) is 20.5. The Hall–Kier alpha value is -1.33. The smallest absolute Gasteiger partial charge is 0.220 e. The maximum Gasteiger partial charge on any atom is 0.220 e. The predicted octanol–water partition coefficient (Wildman–Crippen LogP) is 11.8. The van der Waals surface area contributed by atoms with Crippen molar-refractivity contribution in [3.63, 3.8) is 0 Å².